The van der Waals surface area contributed by atoms with Crippen LogP contribution in [0.3, 0.4) is 0 Å². The molecule has 2 amide bonds. The highest BCUT2D eigenvalue weighted by Gasteiger charge is 2.36. The van der Waals surface area contributed by atoms with E-state index in [4.69, 9.17) is 21.1 Å². The first kappa shape index (κ1) is 26.7. The summed E-state index contributed by atoms with van der Waals surface area (Å²) < 4.78 is 63.5. The van der Waals surface area contributed by atoms with Gasteiger partial charge in [-0.25, -0.2) is 4.39 Å². The minimum absolute atomic E-state index is 0.0340. The number of amides is 2. The van der Waals surface area contributed by atoms with Gasteiger partial charge in [-0.1, -0.05) is 17.6 Å². The molecule has 0 saturated carbocycles. The molecule has 2 aliphatic rings. The zero-order chi connectivity index (χ0) is 24.7. The topological polar surface area (TPSA) is 89.1 Å². The number of likely N-dealkylation sites (tertiary alicyclic amines) is 1. The van der Waals surface area contributed by atoms with Gasteiger partial charge in [0.25, 0.3) is 5.91 Å². The number of nitrogens with one attached hydrogen (secondary N) is 2. The number of carbonyl (C=O) groups excluding carboxylic acids is 2. The van der Waals surface area contributed by atoms with Crippen LogP contribution in [0.1, 0.15) is 6.42 Å². The van der Waals surface area contributed by atoms with Crippen LogP contribution in [0.15, 0.2) is 18.2 Å². The van der Waals surface area contributed by atoms with Crippen LogP contribution in [-0.4, -0.2) is 89.9 Å². The van der Waals surface area contributed by atoms with Crippen molar-refractivity contribution >= 4 is 32.9 Å². The number of rotatable bonds is 9. The largest absolute Gasteiger partial charge is 0.522 e. The van der Waals surface area contributed by atoms with Gasteiger partial charge in [0.2, 0.25) is 5.91 Å². The fourth-order valence-corrected chi connectivity index (χ4v) is 5.69. The van der Waals surface area contributed by atoms with Gasteiger partial charge in [0, 0.05) is 40.9 Å². The monoisotopic (exact) mass is 527 g/mol. The fraction of sp³-hybridized carbons (Fsp3) is 0.600. The van der Waals surface area contributed by atoms with E-state index in [-0.39, 0.29) is 53.6 Å². The van der Waals surface area contributed by atoms with E-state index in [1.807, 2.05) is 0 Å². The molecule has 2 fully saturated rings. The second-order valence-corrected chi connectivity index (χ2v) is 10.7. The molecule has 1 aromatic rings. The third kappa shape index (κ3) is 8.38. The molecule has 34 heavy (non-hydrogen) atoms. The average Bonchev–Trinajstić information content (AvgIpc) is 2.97. The number of ether oxygens (including phenoxy) is 3. The van der Waals surface area contributed by atoms with Crippen LogP contribution in [0.4, 0.5) is 17.6 Å². The van der Waals surface area contributed by atoms with E-state index in [0.717, 1.165) is 12.1 Å². The fourth-order valence-electron chi connectivity index (χ4n) is 3.69. The van der Waals surface area contributed by atoms with Crippen LogP contribution in [0.2, 0.25) is 11.1 Å². The molecule has 2 heterocycles. The average molecular weight is 528 g/mol. The van der Waals surface area contributed by atoms with Crippen molar-refractivity contribution in [2.24, 2.45) is 0 Å². The predicted octanol–water partition coefficient (Wildman–Crippen LogP) is 1.01. The molecule has 0 bridgehead atoms. The molecule has 0 aromatic heterocycles. The number of nitrogens with zero attached hydrogens (tertiary/aromatic N) is 1. The number of benzene rings is 1. The van der Waals surface area contributed by atoms with Crippen molar-refractivity contribution in [2.75, 3.05) is 39.5 Å². The zero-order valence-corrected chi connectivity index (χ0v) is 20.4. The summed E-state index contributed by atoms with van der Waals surface area (Å²) in [6.45, 7) is 0.0472. The lowest BCUT2D eigenvalue weighted by molar-refractivity contribution is -0.328. The van der Waals surface area contributed by atoms with Crippen LogP contribution in [0.25, 0.3) is 0 Å². The van der Waals surface area contributed by atoms with Gasteiger partial charge in [-0.2, -0.15) is 0 Å². The van der Waals surface area contributed by atoms with Gasteiger partial charge in [0.1, 0.15) is 11.6 Å². The van der Waals surface area contributed by atoms with Crippen molar-refractivity contribution in [3.63, 3.8) is 0 Å². The molecule has 0 aliphatic carbocycles. The van der Waals surface area contributed by atoms with E-state index in [1.54, 1.807) is 4.90 Å². The third-order valence-electron chi connectivity index (χ3n) is 5.44. The van der Waals surface area contributed by atoms with Gasteiger partial charge in [0.15, 0.2) is 6.61 Å². The maximum Gasteiger partial charge on any atom is 0.522 e. The number of hydrogen-bond acceptors (Lipinski definition) is 6. The van der Waals surface area contributed by atoms with Gasteiger partial charge in [-0.15, -0.1) is 13.2 Å². The summed E-state index contributed by atoms with van der Waals surface area (Å²) in [6.07, 6.45) is -4.33. The standard InChI is InChI=1S/C20H26ClF4N3O5Si/c21-14-2-1-12(7-15(14)22)32-11-17(29)27-18-8-26-16(3-6-34-18)19(30)28-9-13(10-28)31-4-5-33-20(23,24)25/h1-2,7,13,16,18,26H,3-6,8-11,34H2,(H,27,29)/t16-,18+/m1/s1. The van der Waals surface area contributed by atoms with E-state index in [0.29, 0.717) is 26.1 Å². The Kier molecular flexibility index (Phi) is 9.53. The summed E-state index contributed by atoms with van der Waals surface area (Å²) in [5.74, 6) is -0.855. The van der Waals surface area contributed by atoms with Crippen molar-refractivity contribution in [2.45, 2.75) is 36.6 Å². The van der Waals surface area contributed by atoms with Crippen molar-refractivity contribution < 1.29 is 41.4 Å². The Morgan fingerprint density at radius 1 is 1.26 bits per heavy atom. The lowest BCUT2D eigenvalue weighted by atomic mass is 10.1. The van der Waals surface area contributed by atoms with Crippen LogP contribution in [0.5, 0.6) is 5.75 Å². The summed E-state index contributed by atoms with van der Waals surface area (Å²) in [5.41, 5.74) is -0.0584. The molecule has 2 atom stereocenters. The van der Waals surface area contributed by atoms with E-state index in [9.17, 15) is 27.2 Å². The molecule has 2 aliphatic heterocycles. The lowest BCUT2D eigenvalue weighted by Crippen LogP contribution is -2.60. The zero-order valence-electron chi connectivity index (χ0n) is 18.2. The Morgan fingerprint density at radius 3 is 2.74 bits per heavy atom. The van der Waals surface area contributed by atoms with Gasteiger partial charge in [0.05, 0.1) is 30.4 Å². The van der Waals surface area contributed by atoms with Crippen LogP contribution < -0.4 is 15.4 Å². The first-order valence-electron chi connectivity index (χ1n) is 10.8. The minimum Gasteiger partial charge on any atom is -0.484 e. The van der Waals surface area contributed by atoms with E-state index in [1.165, 1.54) is 12.1 Å². The summed E-state index contributed by atoms with van der Waals surface area (Å²) in [7, 11) is -0.688. The van der Waals surface area contributed by atoms with Crippen LogP contribution in [-0.2, 0) is 19.1 Å². The number of alkyl halides is 3. The van der Waals surface area contributed by atoms with E-state index < -0.39 is 28.3 Å². The maximum absolute atomic E-state index is 13.4. The first-order chi connectivity index (χ1) is 16.1. The molecule has 14 heteroatoms. The predicted molar refractivity (Wildman–Crippen MR) is 117 cm³/mol. The van der Waals surface area contributed by atoms with Crippen molar-refractivity contribution in [1.29, 1.82) is 0 Å². The summed E-state index contributed by atoms with van der Waals surface area (Å²) >= 11 is 5.62. The Balaban J connectivity index is 1.32. The lowest BCUT2D eigenvalue weighted by Gasteiger charge is -2.40. The van der Waals surface area contributed by atoms with Crippen molar-refractivity contribution in [3.8, 4) is 5.75 Å². The molecule has 0 radical (unpaired) electrons. The molecular weight excluding hydrogens is 502 g/mol. The highest BCUT2D eigenvalue weighted by molar-refractivity contribution is 6.38. The second kappa shape index (κ2) is 12.2. The molecule has 2 saturated heterocycles. The van der Waals surface area contributed by atoms with E-state index in [2.05, 4.69) is 15.4 Å². The Labute approximate surface area is 201 Å². The van der Waals surface area contributed by atoms with Crippen LogP contribution >= 0.6 is 11.6 Å². The summed E-state index contributed by atoms with van der Waals surface area (Å²) in [4.78, 5) is 26.5. The maximum atomic E-state index is 13.4. The molecule has 190 valence electrons. The molecule has 0 spiro atoms. The Morgan fingerprint density at radius 2 is 2.03 bits per heavy atom. The second-order valence-electron chi connectivity index (χ2n) is 8.05. The smallest absolute Gasteiger partial charge is 0.484 e. The number of halogens is 5. The van der Waals surface area contributed by atoms with Gasteiger partial charge < -0.3 is 25.0 Å². The third-order valence-corrected chi connectivity index (χ3v) is 7.76. The van der Waals surface area contributed by atoms with Crippen molar-refractivity contribution in [1.82, 2.24) is 15.5 Å². The minimum atomic E-state index is -4.68. The molecule has 8 nitrogen and oxygen atoms in total. The van der Waals surface area contributed by atoms with Crippen molar-refractivity contribution in [3.05, 3.63) is 29.0 Å². The highest BCUT2D eigenvalue weighted by Crippen LogP contribution is 2.20. The Hall–Kier alpha value is -1.93. The Bertz CT molecular complexity index is 860. The molecule has 3 rings (SSSR count). The summed E-state index contributed by atoms with van der Waals surface area (Å²) in [6, 6.07) is 4.39. The number of carbonyl (C=O) groups is 2. The normalized spacial score (nSPS) is 22.2. The van der Waals surface area contributed by atoms with Gasteiger partial charge in [-0.3, -0.25) is 14.3 Å². The number of hydrogen-bond donors (Lipinski definition) is 2. The molecule has 2 N–H and O–H groups in total. The van der Waals surface area contributed by atoms with Gasteiger partial charge in [-0.05, 0) is 18.6 Å². The van der Waals surface area contributed by atoms with E-state index >= 15 is 0 Å². The SMILES string of the molecule is O=C(COc1ccc(Cl)c(F)c1)N[C@@H]1CN[C@@H](C(=O)N2CC(OCCOC(F)(F)F)C2)CC[SiH2]1. The highest BCUT2D eigenvalue weighted by atomic mass is 35.5. The van der Waals surface area contributed by atoms with Gasteiger partial charge >= 0.3 is 6.36 Å². The van der Waals surface area contributed by atoms with Crippen LogP contribution in [0, 0.1) is 5.82 Å². The molecule has 0 unspecified atom stereocenters. The molecular formula is C20H26ClF4N3O5Si. The summed E-state index contributed by atoms with van der Waals surface area (Å²) in [5, 5.41) is 6.06. The first-order valence-corrected chi connectivity index (χ1v) is 13.0. The molecule has 1 aromatic carbocycles. The quantitative estimate of drug-likeness (QED) is 0.283.